The number of hydrogen-bond acceptors (Lipinski definition) is 6. The van der Waals surface area contributed by atoms with E-state index in [9.17, 15) is 13.2 Å². The number of rotatable bonds is 6. The van der Waals surface area contributed by atoms with Gasteiger partial charge in [0.1, 0.15) is 16.5 Å². The van der Waals surface area contributed by atoms with Crippen molar-refractivity contribution >= 4 is 38.9 Å². The molecule has 0 saturated heterocycles. The lowest BCUT2D eigenvalue weighted by atomic mass is 10.2. The Balaban J connectivity index is 1.72. The van der Waals surface area contributed by atoms with Crippen LogP contribution < -0.4 is 4.72 Å². The van der Waals surface area contributed by atoms with Crippen LogP contribution in [-0.2, 0) is 21.4 Å². The number of sulfonamides is 1. The topological polar surface area (TPSA) is 85.4 Å². The van der Waals surface area contributed by atoms with Crippen molar-refractivity contribution < 1.29 is 17.9 Å². The van der Waals surface area contributed by atoms with Gasteiger partial charge in [0.25, 0.3) is 0 Å². The number of carbonyl (C=O) groups excluding carboxylic acids is 1. The Kier molecular flexibility index (Phi) is 5.91. The summed E-state index contributed by atoms with van der Waals surface area (Å²) in [5, 5.41) is 2.66. The second-order valence-corrected chi connectivity index (χ2v) is 8.56. The Hall–Kier alpha value is -2.26. The van der Waals surface area contributed by atoms with Crippen LogP contribution in [0.3, 0.4) is 0 Å². The molecule has 0 fully saturated rings. The Morgan fingerprint density at radius 1 is 1.22 bits per heavy atom. The molecule has 2 aromatic carbocycles. The first kappa shape index (κ1) is 19.5. The fraction of sp³-hybridized carbons (Fsp3) is 0.111. The van der Waals surface area contributed by atoms with Gasteiger partial charge in [0.2, 0.25) is 10.0 Å². The summed E-state index contributed by atoms with van der Waals surface area (Å²) in [7, 11) is -2.51. The molecule has 6 nitrogen and oxygen atoms in total. The molecule has 3 rings (SSSR count). The van der Waals surface area contributed by atoms with E-state index in [4.69, 9.17) is 16.3 Å². The molecule has 0 radical (unpaired) electrons. The van der Waals surface area contributed by atoms with Crippen LogP contribution in [-0.4, -0.2) is 26.4 Å². The molecule has 0 saturated carbocycles. The van der Waals surface area contributed by atoms with E-state index in [-0.39, 0.29) is 22.1 Å². The third kappa shape index (κ3) is 4.54. The fourth-order valence-electron chi connectivity index (χ4n) is 2.26. The summed E-state index contributed by atoms with van der Waals surface area (Å²) < 4.78 is 31.3. The molecule has 1 N–H and O–H groups in total. The molecule has 0 aliphatic heterocycles. The summed E-state index contributed by atoms with van der Waals surface area (Å²) in [6.07, 6.45) is 0. The zero-order valence-electron chi connectivity index (χ0n) is 14.2. The van der Waals surface area contributed by atoms with Gasteiger partial charge in [0, 0.05) is 10.9 Å². The second kappa shape index (κ2) is 8.18. The highest BCUT2D eigenvalue weighted by atomic mass is 35.5. The first-order chi connectivity index (χ1) is 12.9. The van der Waals surface area contributed by atoms with Crippen molar-refractivity contribution in [3.63, 3.8) is 0 Å². The number of esters is 1. The summed E-state index contributed by atoms with van der Waals surface area (Å²) in [5.74, 6) is -0.659. The molecule has 1 aromatic heterocycles. The molecule has 0 aliphatic rings. The normalized spacial score (nSPS) is 11.3. The average molecular weight is 423 g/mol. The van der Waals surface area contributed by atoms with Crippen molar-refractivity contribution in [3.05, 3.63) is 70.2 Å². The number of nitrogens with one attached hydrogen (secondary N) is 1. The number of carbonyl (C=O) groups is 1. The van der Waals surface area contributed by atoms with Gasteiger partial charge in [-0.3, -0.25) is 0 Å². The Morgan fingerprint density at radius 2 is 1.96 bits per heavy atom. The third-order valence-electron chi connectivity index (χ3n) is 3.65. The summed E-state index contributed by atoms with van der Waals surface area (Å²) in [5.41, 5.74) is 1.69. The minimum Gasteiger partial charge on any atom is -0.456 e. The molecule has 0 spiro atoms. The van der Waals surface area contributed by atoms with E-state index in [1.54, 1.807) is 0 Å². The van der Waals surface area contributed by atoms with Crippen molar-refractivity contribution in [2.24, 2.45) is 0 Å². The maximum atomic E-state index is 12.3. The van der Waals surface area contributed by atoms with Crippen molar-refractivity contribution in [2.45, 2.75) is 11.5 Å². The van der Waals surface area contributed by atoms with Gasteiger partial charge < -0.3 is 4.74 Å². The molecule has 0 aliphatic carbocycles. The van der Waals surface area contributed by atoms with Crippen LogP contribution in [0.5, 0.6) is 0 Å². The van der Waals surface area contributed by atoms with Crippen LogP contribution in [0, 0.1) is 0 Å². The Bertz CT molecular complexity index is 1070. The first-order valence-corrected chi connectivity index (χ1v) is 10.5. The summed E-state index contributed by atoms with van der Waals surface area (Å²) in [4.78, 5) is 16.5. The molecule has 0 bridgehead atoms. The van der Waals surface area contributed by atoms with E-state index >= 15 is 0 Å². The van der Waals surface area contributed by atoms with E-state index in [1.807, 2.05) is 35.7 Å². The maximum absolute atomic E-state index is 12.3. The Morgan fingerprint density at radius 3 is 2.67 bits per heavy atom. The van der Waals surface area contributed by atoms with Gasteiger partial charge in [0.15, 0.2) is 0 Å². The number of thiazole rings is 1. The van der Waals surface area contributed by atoms with Crippen LogP contribution >= 0.6 is 22.9 Å². The van der Waals surface area contributed by atoms with Gasteiger partial charge in [-0.15, -0.1) is 11.3 Å². The number of aromatic nitrogens is 1. The van der Waals surface area contributed by atoms with Crippen LogP contribution in [0.2, 0.25) is 5.02 Å². The van der Waals surface area contributed by atoms with Gasteiger partial charge in [-0.25, -0.2) is 22.9 Å². The SMILES string of the molecule is CNS(=O)(=O)c1cc(C(=O)OCc2csc(-c3ccccc3)n2)ccc1Cl. The molecular weight excluding hydrogens is 408 g/mol. The Labute approximate surface area is 165 Å². The zero-order chi connectivity index (χ0) is 19.4. The number of nitrogens with zero attached hydrogens (tertiary/aromatic N) is 1. The monoisotopic (exact) mass is 422 g/mol. The highest BCUT2D eigenvalue weighted by Crippen LogP contribution is 2.25. The van der Waals surface area contributed by atoms with E-state index in [1.165, 1.54) is 36.6 Å². The van der Waals surface area contributed by atoms with Crippen LogP contribution in [0.4, 0.5) is 0 Å². The summed E-state index contributed by atoms with van der Waals surface area (Å²) >= 11 is 7.37. The van der Waals surface area contributed by atoms with E-state index < -0.39 is 16.0 Å². The van der Waals surface area contributed by atoms with E-state index in [0.29, 0.717) is 5.69 Å². The predicted molar refractivity (Wildman–Crippen MR) is 104 cm³/mol. The predicted octanol–water partition coefficient (Wildman–Crippen LogP) is 3.73. The summed E-state index contributed by atoms with van der Waals surface area (Å²) in [6, 6.07) is 13.6. The van der Waals surface area contributed by atoms with Crippen molar-refractivity contribution in [1.82, 2.24) is 9.71 Å². The molecule has 0 unspecified atom stereocenters. The first-order valence-electron chi connectivity index (χ1n) is 7.81. The lowest BCUT2D eigenvalue weighted by Crippen LogP contribution is -2.19. The quantitative estimate of drug-likeness (QED) is 0.612. The highest BCUT2D eigenvalue weighted by Gasteiger charge is 2.19. The smallest absolute Gasteiger partial charge is 0.338 e. The van der Waals surface area contributed by atoms with E-state index in [2.05, 4.69) is 9.71 Å². The largest absolute Gasteiger partial charge is 0.456 e. The minimum absolute atomic E-state index is 0.0150. The van der Waals surface area contributed by atoms with Gasteiger partial charge >= 0.3 is 5.97 Å². The van der Waals surface area contributed by atoms with Crippen molar-refractivity contribution in [2.75, 3.05) is 7.05 Å². The lowest BCUT2D eigenvalue weighted by molar-refractivity contribution is 0.0468. The second-order valence-electron chi connectivity index (χ2n) is 5.44. The fourth-order valence-corrected chi connectivity index (χ4v) is 4.32. The molecule has 3 aromatic rings. The zero-order valence-corrected chi connectivity index (χ0v) is 16.6. The van der Waals surface area contributed by atoms with Crippen LogP contribution in [0.1, 0.15) is 16.1 Å². The third-order valence-corrected chi connectivity index (χ3v) is 6.48. The molecule has 0 atom stereocenters. The van der Waals surface area contributed by atoms with Crippen molar-refractivity contribution in [3.8, 4) is 10.6 Å². The number of benzene rings is 2. The van der Waals surface area contributed by atoms with Gasteiger partial charge in [-0.05, 0) is 25.2 Å². The van der Waals surface area contributed by atoms with Crippen LogP contribution in [0.15, 0.2) is 58.8 Å². The molecular formula is C18H15ClN2O4S2. The van der Waals surface area contributed by atoms with Gasteiger partial charge in [-0.2, -0.15) is 0 Å². The number of halogens is 1. The highest BCUT2D eigenvalue weighted by molar-refractivity contribution is 7.89. The van der Waals surface area contributed by atoms with E-state index in [0.717, 1.165) is 10.6 Å². The minimum atomic E-state index is -3.78. The lowest BCUT2D eigenvalue weighted by Gasteiger charge is -2.08. The molecule has 140 valence electrons. The molecule has 0 amide bonds. The van der Waals surface area contributed by atoms with Crippen LogP contribution in [0.25, 0.3) is 10.6 Å². The molecule has 27 heavy (non-hydrogen) atoms. The maximum Gasteiger partial charge on any atom is 0.338 e. The number of hydrogen-bond donors (Lipinski definition) is 1. The average Bonchev–Trinajstić information content (AvgIpc) is 3.16. The molecule has 1 heterocycles. The van der Waals surface area contributed by atoms with Gasteiger partial charge in [-0.1, -0.05) is 41.9 Å². The standard InChI is InChI=1S/C18H15ClN2O4S2/c1-20-27(23,24)16-9-13(7-8-15(16)19)18(22)25-10-14-11-26-17(21-14)12-5-3-2-4-6-12/h2-9,11,20H,10H2,1H3. The van der Waals surface area contributed by atoms with Crippen molar-refractivity contribution in [1.29, 1.82) is 0 Å². The molecule has 9 heteroatoms. The summed E-state index contributed by atoms with van der Waals surface area (Å²) in [6.45, 7) is -0.0150. The number of ether oxygens (including phenoxy) is 1. The van der Waals surface area contributed by atoms with Gasteiger partial charge in [0.05, 0.1) is 16.3 Å².